The van der Waals surface area contributed by atoms with Crippen molar-refractivity contribution >= 4 is 50.8 Å². The van der Waals surface area contributed by atoms with Gasteiger partial charge in [0.05, 0.1) is 33.0 Å². The minimum absolute atomic E-state index is 0. The van der Waals surface area contributed by atoms with Gasteiger partial charge in [-0.25, -0.2) is 19.3 Å². The molecule has 2 N–H and O–H groups in total. The van der Waals surface area contributed by atoms with Crippen molar-refractivity contribution in [2.75, 3.05) is 25.0 Å². The summed E-state index contributed by atoms with van der Waals surface area (Å²) in [6, 6.07) is 8.06. The first-order chi connectivity index (χ1) is 14.1. The number of thiazole rings is 1. The van der Waals surface area contributed by atoms with Crippen LogP contribution in [0.2, 0.25) is 0 Å². The van der Waals surface area contributed by atoms with Crippen molar-refractivity contribution in [1.29, 1.82) is 0 Å². The van der Waals surface area contributed by atoms with Crippen LogP contribution in [0, 0.1) is 6.92 Å². The van der Waals surface area contributed by atoms with Crippen LogP contribution in [0.5, 0.6) is 0 Å². The van der Waals surface area contributed by atoms with Crippen LogP contribution in [0.25, 0.3) is 32.5 Å². The number of hydrogen-bond acceptors (Lipinski definition) is 7. The van der Waals surface area contributed by atoms with E-state index >= 15 is 4.39 Å². The van der Waals surface area contributed by atoms with Crippen LogP contribution in [0.3, 0.4) is 0 Å². The summed E-state index contributed by atoms with van der Waals surface area (Å²) in [4.78, 5) is 18.2. The maximum Gasteiger partial charge on any atom is 0.155 e. The predicted octanol–water partition coefficient (Wildman–Crippen LogP) is 4.54. The smallest absolute Gasteiger partial charge is 0.155 e. The Kier molecular flexibility index (Phi) is 5.81. The standard InChI is InChI=1S/C21H21FN6S.ClH/c1-13-27-16-9-14(3-4-18(16)29-13)15-10-17-19(25-8-7-24-17)20(28-15)26-12-21(22)5-2-6-23-11-21;/h3-4,7-10,23H,2,5-6,11-12H2,1H3,(H,26,28);1H. The molecule has 3 aromatic heterocycles. The molecular formula is C21H22ClFN6S. The SMILES string of the molecule is Cc1nc2cc(-c3cc4nccnc4c(NCC4(F)CCCNC4)n3)ccc2s1.Cl. The number of benzene rings is 1. The van der Waals surface area contributed by atoms with Crippen LogP contribution < -0.4 is 10.6 Å². The van der Waals surface area contributed by atoms with E-state index in [-0.39, 0.29) is 19.0 Å². The summed E-state index contributed by atoms with van der Waals surface area (Å²) in [5, 5.41) is 7.38. The normalized spacial score (nSPS) is 19.0. The van der Waals surface area contributed by atoms with E-state index < -0.39 is 5.67 Å². The number of nitrogens with one attached hydrogen (secondary N) is 2. The number of anilines is 1. The molecule has 4 aromatic rings. The van der Waals surface area contributed by atoms with Gasteiger partial charge in [0.1, 0.15) is 11.2 Å². The highest BCUT2D eigenvalue weighted by Gasteiger charge is 2.31. The molecule has 9 heteroatoms. The minimum atomic E-state index is -1.29. The molecule has 4 heterocycles. The molecule has 1 atom stereocenters. The monoisotopic (exact) mass is 444 g/mol. The lowest BCUT2D eigenvalue weighted by Gasteiger charge is -2.30. The van der Waals surface area contributed by atoms with Crippen molar-refractivity contribution < 1.29 is 4.39 Å². The number of rotatable bonds is 4. The van der Waals surface area contributed by atoms with Crippen molar-refractivity contribution in [3.05, 3.63) is 41.7 Å². The molecule has 30 heavy (non-hydrogen) atoms. The number of pyridine rings is 1. The lowest BCUT2D eigenvalue weighted by atomic mass is 9.96. The zero-order valence-electron chi connectivity index (χ0n) is 16.5. The summed E-state index contributed by atoms with van der Waals surface area (Å²) in [6.07, 6.45) is 4.66. The first-order valence-corrected chi connectivity index (χ1v) is 10.5. The maximum atomic E-state index is 15.1. The van der Waals surface area contributed by atoms with Crippen LogP contribution >= 0.6 is 23.7 Å². The van der Waals surface area contributed by atoms with E-state index in [9.17, 15) is 0 Å². The highest BCUT2D eigenvalue weighted by atomic mass is 35.5. The van der Waals surface area contributed by atoms with Crippen LogP contribution in [0.15, 0.2) is 36.7 Å². The van der Waals surface area contributed by atoms with Crippen LogP contribution in [-0.2, 0) is 0 Å². The number of halogens is 2. The lowest BCUT2D eigenvalue weighted by Crippen LogP contribution is -2.46. The second kappa shape index (κ2) is 8.37. The quantitative estimate of drug-likeness (QED) is 0.481. The molecule has 6 nitrogen and oxygen atoms in total. The fraction of sp³-hybridized carbons (Fsp3) is 0.333. The Hall–Kier alpha value is -2.42. The van der Waals surface area contributed by atoms with Crippen molar-refractivity contribution in [3.63, 3.8) is 0 Å². The number of aromatic nitrogens is 4. The zero-order valence-corrected chi connectivity index (χ0v) is 18.1. The number of fused-ring (bicyclic) bond motifs is 2. The van der Waals surface area contributed by atoms with Crippen molar-refractivity contribution in [2.45, 2.75) is 25.4 Å². The van der Waals surface area contributed by atoms with Gasteiger partial charge in [-0.3, -0.25) is 4.98 Å². The molecule has 0 radical (unpaired) electrons. The Balaban J connectivity index is 0.00000218. The fourth-order valence-electron chi connectivity index (χ4n) is 3.77. The number of piperidine rings is 1. The predicted molar refractivity (Wildman–Crippen MR) is 122 cm³/mol. The van der Waals surface area contributed by atoms with Gasteiger partial charge in [0.2, 0.25) is 0 Å². The zero-order chi connectivity index (χ0) is 19.8. The summed E-state index contributed by atoms with van der Waals surface area (Å²) < 4.78 is 16.2. The highest BCUT2D eigenvalue weighted by molar-refractivity contribution is 7.18. The molecule has 1 saturated heterocycles. The largest absolute Gasteiger partial charge is 0.365 e. The molecule has 0 saturated carbocycles. The molecule has 0 bridgehead atoms. The van der Waals surface area contributed by atoms with E-state index in [2.05, 4.69) is 31.7 Å². The molecule has 0 aliphatic carbocycles. The van der Waals surface area contributed by atoms with Crippen LogP contribution in [-0.4, -0.2) is 45.2 Å². The van der Waals surface area contributed by atoms with Gasteiger partial charge in [-0.05, 0) is 44.5 Å². The lowest BCUT2D eigenvalue weighted by molar-refractivity contribution is 0.137. The van der Waals surface area contributed by atoms with Crippen molar-refractivity contribution in [2.24, 2.45) is 0 Å². The summed E-state index contributed by atoms with van der Waals surface area (Å²) in [5.41, 5.74) is 2.76. The third kappa shape index (κ3) is 4.08. The molecule has 1 unspecified atom stereocenters. The van der Waals surface area contributed by atoms with Gasteiger partial charge in [-0.2, -0.15) is 0 Å². The van der Waals surface area contributed by atoms with Gasteiger partial charge >= 0.3 is 0 Å². The van der Waals surface area contributed by atoms with E-state index in [0.717, 1.165) is 45.0 Å². The van der Waals surface area contributed by atoms with Gasteiger partial charge in [-0.15, -0.1) is 23.7 Å². The first-order valence-electron chi connectivity index (χ1n) is 9.73. The summed E-state index contributed by atoms with van der Waals surface area (Å²) in [5.74, 6) is 0.558. The Morgan fingerprint density at radius 3 is 2.87 bits per heavy atom. The summed E-state index contributed by atoms with van der Waals surface area (Å²) >= 11 is 1.67. The Morgan fingerprint density at radius 2 is 2.03 bits per heavy atom. The topological polar surface area (TPSA) is 75.6 Å². The van der Waals surface area contributed by atoms with Gasteiger partial charge < -0.3 is 10.6 Å². The molecule has 5 rings (SSSR count). The van der Waals surface area contributed by atoms with Gasteiger partial charge in [0.15, 0.2) is 5.82 Å². The van der Waals surface area contributed by atoms with E-state index in [1.165, 1.54) is 0 Å². The second-order valence-corrected chi connectivity index (χ2v) is 8.72. The summed E-state index contributed by atoms with van der Waals surface area (Å²) in [7, 11) is 0. The van der Waals surface area contributed by atoms with Crippen molar-refractivity contribution in [3.8, 4) is 11.3 Å². The Bertz CT molecular complexity index is 1190. The third-order valence-corrected chi connectivity index (χ3v) is 6.19. The Morgan fingerprint density at radius 1 is 1.17 bits per heavy atom. The Labute approximate surface area is 183 Å². The van der Waals surface area contributed by atoms with E-state index in [1.807, 2.05) is 25.1 Å². The number of aryl methyl sites for hydroxylation is 1. The average molecular weight is 445 g/mol. The number of nitrogens with zero attached hydrogens (tertiary/aromatic N) is 4. The molecule has 156 valence electrons. The molecule has 1 aliphatic rings. The van der Waals surface area contributed by atoms with Crippen LogP contribution in [0.4, 0.5) is 10.2 Å². The van der Waals surface area contributed by atoms with Gasteiger partial charge in [-0.1, -0.05) is 6.07 Å². The second-order valence-electron chi connectivity index (χ2n) is 7.48. The molecule has 1 aliphatic heterocycles. The van der Waals surface area contributed by atoms with Gasteiger partial charge in [0.25, 0.3) is 0 Å². The third-order valence-electron chi connectivity index (χ3n) is 5.24. The number of alkyl halides is 1. The molecule has 1 fully saturated rings. The first kappa shape index (κ1) is 20.8. The molecule has 0 spiro atoms. The van der Waals surface area contributed by atoms with Crippen molar-refractivity contribution in [1.82, 2.24) is 25.3 Å². The van der Waals surface area contributed by atoms with E-state index in [0.29, 0.717) is 24.3 Å². The maximum absolute atomic E-state index is 15.1. The average Bonchev–Trinajstić information content (AvgIpc) is 3.11. The molecule has 1 aromatic carbocycles. The van der Waals surface area contributed by atoms with E-state index in [4.69, 9.17) is 4.98 Å². The molecular weight excluding hydrogens is 423 g/mol. The minimum Gasteiger partial charge on any atom is -0.365 e. The molecule has 0 amide bonds. The number of hydrogen-bond donors (Lipinski definition) is 2. The summed E-state index contributed by atoms with van der Waals surface area (Å²) in [6.45, 7) is 3.41. The fourth-order valence-corrected chi connectivity index (χ4v) is 4.58. The van der Waals surface area contributed by atoms with E-state index in [1.54, 1.807) is 23.7 Å². The highest BCUT2D eigenvalue weighted by Crippen LogP contribution is 2.30. The van der Waals surface area contributed by atoms with Crippen LogP contribution in [0.1, 0.15) is 17.8 Å². The van der Waals surface area contributed by atoms with Gasteiger partial charge in [0, 0.05) is 24.5 Å².